The Bertz CT molecular complexity index is 695. The smallest absolute Gasteiger partial charge is 0.138 e. The summed E-state index contributed by atoms with van der Waals surface area (Å²) in [6, 6.07) is 11.9. The molecule has 0 spiro atoms. The Hall–Kier alpha value is -2.36. The van der Waals surface area contributed by atoms with E-state index in [2.05, 4.69) is 6.07 Å². The molecule has 2 aromatic rings. The van der Waals surface area contributed by atoms with Crippen molar-refractivity contribution in [1.82, 2.24) is 0 Å². The Morgan fingerprint density at radius 1 is 0.905 bits per heavy atom. The molecule has 108 valence electrons. The third-order valence-electron chi connectivity index (χ3n) is 4.19. The fraction of sp³-hybridized carbons (Fsp3) is 0.294. The lowest BCUT2D eigenvalue weighted by molar-refractivity contribution is 0.139. The van der Waals surface area contributed by atoms with Gasteiger partial charge in [0.25, 0.3) is 0 Å². The Morgan fingerprint density at radius 2 is 1.57 bits per heavy atom. The molecule has 0 amide bonds. The average molecular weight is 284 g/mol. The molecule has 0 saturated heterocycles. The van der Waals surface area contributed by atoms with Crippen LogP contribution in [0, 0.1) is 0 Å². The van der Waals surface area contributed by atoms with Crippen LogP contribution >= 0.6 is 0 Å². The zero-order chi connectivity index (χ0) is 14.4. The summed E-state index contributed by atoms with van der Waals surface area (Å²) in [6.45, 7) is 0.615. The first kappa shape index (κ1) is 12.4. The molecule has 0 saturated carbocycles. The van der Waals surface area contributed by atoms with Crippen LogP contribution in [0.5, 0.6) is 23.0 Å². The first-order chi connectivity index (χ1) is 10.3. The van der Waals surface area contributed by atoms with Crippen LogP contribution in [0.15, 0.2) is 36.4 Å². The second-order valence-electron chi connectivity index (χ2n) is 5.26. The second kappa shape index (κ2) is 4.58. The van der Waals surface area contributed by atoms with Crippen LogP contribution in [0.4, 0.5) is 0 Å². The van der Waals surface area contributed by atoms with Crippen molar-refractivity contribution < 1.29 is 18.9 Å². The molecule has 2 atom stereocenters. The molecule has 21 heavy (non-hydrogen) atoms. The average Bonchev–Trinajstić information content (AvgIpc) is 2.92. The molecule has 2 aliphatic rings. The van der Waals surface area contributed by atoms with Crippen molar-refractivity contribution in [3.63, 3.8) is 0 Å². The number of hydrogen-bond acceptors (Lipinski definition) is 4. The van der Waals surface area contributed by atoms with Crippen LogP contribution in [-0.2, 0) is 0 Å². The van der Waals surface area contributed by atoms with Gasteiger partial charge in [0.05, 0.1) is 26.7 Å². The molecule has 2 heterocycles. The van der Waals surface area contributed by atoms with Crippen LogP contribution in [0.25, 0.3) is 0 Å². The van der Waals surface area contributed by atoms with Gasteiger partial charge in [-0.3, -0.25) is 0 Å². The Morgan fingerprint density at radius 3 is 2.29 bits per heavy atom. The van der Waals surface area contributed by atoms with E-state index in [-0.39, 0.29) is 12.0 Å². The van der Waals surface area contributed by atoms with E-state index in [1.54, 1.807) is 14.2 Å². The van der Waals surface area contributed by atoms with E-state index >= 15 is 0 Å². The molecule has 0 N–H and O–H groups in total. The molecule has 0 bridgehead atoms. The molecule has 2 aliphatic heterocycles. The van der Waals surface area contributed by atoms with Gasteiger partial charge in [0.1, 0.15) is 29.1 Å². The van der Waals surface area contributed by atoms with Crippen molar-refractivity contribution in [3.05, 3.63) is 47.5 Å². The summed E-state index contributed by atoms with van der Waals surface area (Å²) in [7, 11) is 3.32. The lowest BCUT2D eigenvalue weighted by Crippen LogP contribution is -2.23. The molecule has 0 aromatic heterocycles. The monoisotopic (exact) mass is 284 g/mol. The maximum atomic E-state index is 6.15. The lowest BCUT2D eigenvalue weighted by Gasteiger charge is -2.28. The van der Waals surface area contributed by atoms with Gasteiger partial charge in [-0.25, -0.2) is 0 Å². The molecular weight excluding hydrogens is 268 g/mol. The van der Waals surface area contributed by atoms with Gasteiger partial charge < -0.3 is 18.9 Å². The molecule has 0 aliphatic carbocycles. The summed E-state index contributed by atoms with van der Waals surface area (Å²) in [5, 5.41) is 0. The quantitative estimate of drug-likeness (QED) is 0.847. The zero-order valence-electron chi connectivity index (χ0n) is 12.0. The van der Waals surface area contributed by atoms with Gasteiger partial charge in [0, 0.05) is 23.3 Å². The highest BCUT2D eigenvalue weighted by Gasteiger charge is 2.40. The Labute approximate surface area is 123 Å². The first-order valence-corrected chi connectivity index (χ1v) is 6.95. The van der Waals surface area contributed by atoms with Gasteiger partial charge in [-0.2, -0.15) is 0 Å². The molecule has 4 heteroatoms. The summed E-state index contributed by atoms with van der Waals surface area (Å²) >= 11 is 0. The summed E-state index contributed by atoms with van der Waals surface area (Å²) in [6.07, 6.45) is 0.00163. The topological polar surface area (TPSA) is 36.9 Å². The van der Waals surface area contributed by atoms with Crippen molar-refractivity contribution >= 4 is 0 Å². The summed E-state index contributed by atoms with van der Waals surface area (Å²) in [5.41, 5.74) is 2.25. The molecular formula is C17H16O4. The van der Waals surface area contributed by atoms with Gasteiger partial charge in [-0.15, -0.1) is 0 Å². The van der Waals surface area contributed by atoms with E-state index in [0.29, 0.717) is 6.61 Å². The normalized spacial score (nSPS) is 21.4. The SMILES string of the molecule is COc1ccc2c(c1)O[C@@H]1c3ccc(OC)cc3OC[C@H]21. The fourth-order valence-corrected chi connectivity index (χ4v) is 3.07. The Balaban J connectivity index is 1.74. The summed E-state index contributed by atoms with van der Waals surface area (Å²) < 4.78 is 22.6. The van der Waals surface area contributed by atoms with Gasteiger partial charge >= 0.3 is 0 Å². The van der Waals surface area contributed by atoms with Crippen LogP contribution in [0.2, 0.25) is 0 Å². The van der Waals surface area contributed by atoms with Crippen molar-refractivity contribution in [3.8, 4) is 23.0 Å². The van der Waals surface area contributed by atoms with E-state index in [0.717, 1.165) is 28.6 Å². The maximum Gasteiger partial charge on any atom is 0.138 e. The Kier molecular flexibility index (Phi) is 2.70. The minimum absolute atomic E-state index is 0.00163. The predicted octanol–water partition coefficient (Wildman–Crippen LogP) is 3.31. The summed E-state index contributed by atoms with van der Waals surface area (Å²) in [4.78, 5) is 0. The standard InChI is InChI=1S/C17H16O4/c1-18-10-4-6-13-15(7-10)20-9-14-12-5-3-11(19-2)8-16(12)21-17(13)14/h3-8,14,17H,9H2,1-2H3/t14-,17-/m1/s1. The van der Waals surface area contributed by atoms with E-state index < -0.39 is 0 Å². The number of fused-ring (bicyclic) bond motifs is 5. The van der Waals surface area contributed by atoms with Gasteiger partial charge in [-0.05, 0) is 18.2 Å². The van der Waals surface area contributed by atoms with Crippen molar-refractivity contribution in [2.24, 2.45) is 0 Å². The highest BCUT2D eigenvalue weighted by molar-refractivity contribution is 5.52. The minimum Gasteiger partial charge on any atom is -0.497 e. The molecule has 2 aromatic carbocycles. The third-order valence-corrected chi connectivity index (χ3v) is 4.19. The van der Waals surface area contributed by atoms with E-state index in [1.807, 2.05) is 30.3 Å². The van der Waals surface area contributed by atoms with E-state index in [9.17, 15) is 0 Å². The van der Waals surface area contributed by atoms with Crippen LogP contribution in [-0.4, -0.2) is 20.8 Å². The van der Waals surface area contributed by atoms with E-state index in [1.165, 1.54) is 5.56 Å². The molecule has 0 radical (unpaired) electrons. The number of benzene rings is 2. The number of methoxy groups -OCH3 is 2. The van der Waals surface area contributed by atoms with Crippen LogP contribution in [0.3, 0.4) is 0 Å². The zero-order valence-corrected chi connectivity index (χ0v) is 12.0. The molecule has 0 unspecified atom stereocenters. The maximum absolute atomic E-state index is 6.15. The number of ether oxygens (including phenoxy) is 4. The van der Waals surface area contributed by atoms with Crippen LogP contribution < -0.4 is 18.9 Å². The highest BCUT2D eigenvalue weighted by atomic mass is 16.5. The lowest BCUT2D eigenvalue weighted by atomic mass is 9.89. The van der Waals surface area contributed by atoms with Gasteiger partial charge in [-0.1, -0.05) is 6.07 Å². The largest absolute Gasteiger partial charge is 0.497 e. The molecule has 4 rings (SSSR count). The fourth-order valence-electron chi connectivity index (χ4n) is 3.07. The van der Waals surface area contributed by atoms with Crippen molar-refractivity contribution in [2.45, 2.75) is 12.0 Å². The van der Waals surface area contributed by atoms with E-state index in [4.69, 9.17) is 18.9 Å². The first-order valence-electron chi connectivity index (χ1n) is 6.95. The van der Waals surface area contributed by atoms with Crippen molar-refractivity contribution in [1.29, 1.82) is 0 Å². The molecule has 0 fully saturated rings. The summed E-state index contributed by atoms with van der Waals surface area (Å²) in [5.74, 6) is 3.56. The second-order valence-corrected chi connectivity index (χ2v) is 5.26. The highest BCUT2D eigenvalue weighted by Crippen LogP contribution is 2.52. The minimum atomic E-state index is 0.00163. The van der Waals surface area contributed by atoms with Crippen molar-refractivity contribution in [2.75, 3.05) is 20.8 Å². The number of rotatable bonds is 2. The van der Waals surface area contributed by atoms with Gasteiger partial charge in [0.2, 0.25) is 0 Å². The third kappa shape index (κ3) is 1.82. The predicted molar refractivity (Wildman–Crippen MR) is 77.6 cm³/mol. The molecule has 4 nitrogen and oxygen atoms in total. The number of hydrogen-bond donors (Lipinski definition) is 0. The van der Waals surface area contributed by atoms with Crippen LogP contribution in [0.1, 0.15) is 23.1 Å². The van der Waals surface area contributed by atoms with Gasteiger partial charge in [0.15, 0.2) is 0 Å².